The number of nitrogens with zero attached hydrogens (tertiary/aromatic N) is 5. The van der Waals surface area contributed by atoms with E-state index >= 15 is 0 Å². The van der Waals surface area contributed by atoms with Gasteiger partial charge in [-0.2, -0.15) is 11.1 Å². The summed E-state index contributed by atoms with van der Waals surface area (Å²) in [4.78, 5) is 11.6. The minimum absolute atomic E-state index is 0.432. The Hall–Kier alpha value is -0.753. The molecule has 0 fully saturated rings. The number of hydrogen-bond acceptors (Lipinski definition) is 4. The molecule has 0 radical (unpaired) electrons. The molecule has 0 aliphatic carbocycles. The molecule has 1 aromatic rings. The van der Waals surface area contributed by atoms with Gasteiger partial charge >= 0.3 is 0 Å². The van der Waals surface area contributed by atoms with E-state index in [4.69, 9.17) is 16.6 Å². The first kappa shape index (κ1) is 29.3. The molecular weight excluding hydrogens is 454 g/mol. The predicted octanol–water partition coefficient (Wildman–Crippen LogP) is 8.33. The van der Waals surface area contributed by atoms with Crippen LogP contribution in [0.3, 0.4) is 0 Å². The van der Waals surface area contributed by atoms with Gasteiger partial charge in [-0.1, -0.05) is 113 Å². The first-order valence-corrected chi connectivity index (χ1v) is 17.0. The summed E-state index contributed by atoms with van der Waals surface area (Å²) in [6.07, 6.45) is 27.9. The second kappa shape index (κ2) is 23.4. The molecule has 0 atom stereocenters. The van der Waals surface area contributed by atoms with E-state index in [1.165, 1.54) is 108 Å². The van der Waals surface area contributed by atoms with Crippen LogP contribution in [-0.2, 0) is 6.42 Å². The van der Waals surface area contributed by atoms with Crippen LogP contribution in [0.15, 0.2) is 22.7 Å². The molecule has 0 aliphatic heterocycles. The van der Waals surface area contributed by atoms with Crippen molar-refractivity contribution in [3.05, 3.63) is 28.4 Å². The van der Waals surface area contributed by atoms with E-state index in [2.05, 4.69) is 20.0 Å². The maximum Gasteiger partial charge on any atom is 0.187 e. The Kier molecular flexibility index (Phi) is 21.4. The van der Waals surface area contributed by atoms with Gasteiger partial charge in [0.05, 0.1) is 0 Å². The molecule has 1 rings (SSSR count). The molecule has 0 bridgehead atoms. The van der Waals surface area contributed by atoms with Crippen molar-refractivity contribution in [3.8, 4) is 0 Å². The fourth-order valence-electron chi connectivity index (χ4n) is 3.88. The molecule has 32 heavy (non-hydrogen) atoms. The zero-order chi connectivity index (χ0) is 23.0. The minimum Gasteiger partial charge on any atom is -0.231 e. The molecule has 8 heteroatoms. The maximum atomic E-state index is 8.22. The van der Waals surface area contributed by atoms with Gasteiger partial charge in [0.1, 0.15) is 8.83 Å². The third-order valence-corrected chi connectivity index (χ3v) is 9.07. The molecule has 0 amide bonds. The third-order valence-electron chi connectivity index (χ3n) is 5.78. The Bertz CT molecular complexity index is 584. The second-order valence-corrected chi connectivity index (χ2v) is 12.4. The van der Waals surface area contributed by atoms with E-state index in [0.29, 0.717) is 6.54 Å². The number of rotatable bonds is 23. The zero-order valence-corrected chi connectivity index (χ0v) is 23.0. The highest BCUT2D eigenvalue weighted by Gasteiger charge is 2.00. The van der Waals surface area contributed by atoms with E-state index in [0.717, 1.165) is 23.4 Å². The van der Waals surface area contributed by atoms with E-state index in [1.54, 1.807) is 11.8 Å². The molecule has 1 aromatic heterocycles. The van der Waals surface area contributed by atoms with Crippen LogP contribution >= 0.6 is 22.8 Å². The Labute approximate surface area is 207 Å². The molecular formula is C24H44ClN5SSi. The highest BCUT2D eigenvalue weighted by Crippen LogP contribution is 2.15. The molecule has 0 aromatic carbocycles. The summed E-state index contributed by atoms with van der Waals surface area (Å²) in [6.45, 7) is 0.665. The summed E-state index contributed by atoms with van der Waals surface area (Å²) in [5, 5.41) is 5.45. The lowest BCUT2D eigenvalue weighted by Crippen LogP contribution is -1.94. The van der Waals surface area contributed by atoms with Crippen molar-refractivity contribution in [1.82, 2.24) is 9.97 Å². The van der Waals surface area contributed by atoms with Crippen LogP contribution in [0.4, 0.5) is 0 Å². The molecule has 0 saturated heterocycles. The summed E-state index contributed by atoms with van der Waals surface area (Å²) in [5.74, 6) is 0. The van der Waals surface area contributed by atoms with Crippen molar-refractivity contribution in [3.63, 3.8) is 0 Å². The van der Waals surface area contributed by atoms with Gasteiger partial charge in [-0.25, -0.2) is 9.97 Å². The van der Waals surface area contributed by atoms with Gasteiger partial charge in [0.15, 0.2) is 5.16 Å². The Morgan fingerprint density at radius 1 is 0.750 bits per heavy atom. The highest BCUT2D eigenvalue weighted by molar-refractivity contribution is 8.00. The van der Waals surface area contributed by atoms with Crippen LogP contribution in [0.2, 0.25) is 0 Å². The van der Waals surface area contributed by atoms with Crippen molar-refractivity contribution in [1.29, 1.82) is 0 Å². The summed E-state index contributed by atoms with van der Waals surface area (Å²) < 4.78 is 0. The topological polar surface area (TPSA) is 74.5 Å². The van der Waals surface area contributed by atoms with E-state index in [1.807, 2.05) is 12.4 Å². The lowest BCUT2D eigenvalue weighted by molar-refractivity contribution is 0.526. The van der Waals surface area contributed by atoms with Crippen molar-refractivity contribution in [2.75, 3.05) is 11.9 Å². The molecule has 0 spiro atoms. The lowest BCUT2D eigenvalue weighted by atomic mass is 10.0. The minimum atomic E-state index is -0.432. The zero-order valence-electron chi connectivity index (χ0n) is 20.0. The average Bonchev–Trinajstić information content (AvgIpc) is 2.82. The summed E-state index contributed by atoms with van der Waals surface area (Å²) >= 11 is 7.51. The Morgan fingerprint density at radius 3 is 1.62 bits per heavy atom. The van der Waals surface area contributed by atoms with Crippen LogP contribution in [0.25, 0.3) is 10.4 Å². The Balaban J connectivity index is 1.76. The van der Waals surface area contributed by atoms with Gasteiger partial charge < -0.3 is 0 Å². The first-order chi connectivity index (χ1) is 15.9. The van der Waals surface area contributed by atoms with E-state index < -0.39 is 8.83 Å². The number of hydrogen-bond donors (Lipinski definition) is 0. The molecule has 5 nitrogen and oxygen atoms in total. The molecule has 1 heterocycles. The molecule has 0 aliphatic rings. The monoisotopic (exact) mass is 497 g/mol. The van der Waals surface area contributed by atoms with Crippen LogP contribution in [-0.4, -0.2) is 30.7 Å². The first-order valence-electron chi connectivity index (χ1n) is 12.9. The lowest BCUT2D eigenvalue weighted by Gasteiger charge is -2.04. The van der Waals surface area contributed by atoms with Gasteiger partial charge in [0, 0.05) is 29.2 Å². The number of aryl methyl sites for hydroxylation is 1. The fourth-order valence-corrected chi connectivity index (χ4v) is 5.87. The largest absolute Gasteiger partial charge is 0.231 e. The van der Waals surface area contributed by atoms with Crippen molar-refractivity contribution in [2.45, 2.75) is 121 Å². The second-order valence-electron chi connectivity index (χ2n) is 8.63. The summed E-state index contributed by atoms with van der Waals surface area (Å²) in [5.41, 5.74) is 9.48. The average molecular weight is 498 g/mol. The number of unbranched alkanes of at least 4 members (excludes halogenated alkanes) is 16. The van der Waals surface area contributed by atoms with Crippen molar-refractivity contribution < 1.29 is 0 Å². The maximum absolute atomic E-state index is 8.22. The Morgan fingerprint density at radius 2 is 1.19 bits per heavy atom. The third kappa shape index (κ3) is 18.8. The quantitative estimate of drug-likeness (QED) is 0.0223. The number of azide groups is 1. The van der Waals surface area contributed by atoms with Crippen molar-refractivity contribution in [2.24, 2.45) is 5.11 Å². The van der Waals surface area contributed by atoms with Crippen molar-refractivity contribution >= 4 is 31.7 Å². The van der Waals surface area contributed by atoms with Gasteiger partial charge in [0.2, 0.25) is 0 Å². The predicted molar refractivity (Wildman–Crippen MR) is 143 cm³/mol. The smallest absolute Gasteiger partial charge is 0.187 e. The SMILES string of the molecule is [N-]=[N+]=NCCCCCCCCCCCCCCCCCCCc1cnc(SC[SiH2]Cl)nc1. The normalized spacial score (nSPS) is 11.3. The van der Waals surface area contributed by atoms with Gasteiger partial charge in [-0.15, -0.1) is 0 Å². The van der Waals surface area contributed by atoms with Crippen LogP contribution < -0.4 is 0 Å². The number of thioether (sulfide) groups is 1. The van der Waals surface area contributed by atoms with E-state index in [9.17, 15) is 0 Å². The summed E-state index contributed by atoms with van der Waals surface area (Å²) in [7, 11) is -0.432. The van der Waals surface area contributed by atoms with Crippen LogP contribution in [0.5, 0.6) is 0 Å². The summed E-state index contributed by atoms with van der Waals surface area (Å²) in [6, 6.07) is 0. The number of aromatic nitrogens is 2. The number of halogens is 1. The molecule has 0 N–H and O–H groups in total. The molecule has 182 valence electrons. The van der Waals surface area contributed by atoms with Crippen LogP contribution in [0, 0.1) is 0 Å². The van der Waals surface area contributed by atoms with Gasteiger partial charge in [-0.05, 0) is 30.4 Å². The standard InChI is InChI=1S/C24H44ClN5SSi/c25-32-22-31-24-27-20-23(21-28-24)18-16-14-12-10-8-6-4-2-1-3-5-7-9-11-13-15-17-19-29-30-26/h20-21H,1-19,22,32H2. The molecule has 0 saturated carbocycles. The fraction of sp³-hybridized carbons (Fsp3) is 0.833. The van der Waals surface area contributed by atoms with Gasteiger partial charge in [-0.3, -0.25) is 0 Å². The highest BCUT2D eigenvalue weighted by atomic mass is 35.6. The molecule has 0 unspecified atom stereocenters. The van der Waals surface area contributed by atoms with Gasteiger partial charge in [0.25, 0.3) is 0 Å². The van der Waals surface area contributed by atoms with E-state index in [-0.39, 0.29) is 0 Å². The van der Waals surface area contributed by atoms with Crippen LogP contribution in [0.1, 0.15) is 115 Å².